The van der Waals surface area contributed by atoms with Crippen molar-refractivity contribution in [3.8, 4) is 0 Å². The molecule has 0 spiro atoms. The summed E-state index contributed by atoms with van der Waals surface area (Å²) in [4.78, 5) is 16.0. The van der Waals surface area contributed by atoms with Crippen LogP contribution in [0.3, 0.4) is 0 Å². The highest BCUT2D eigenvalue weighted by Crippen LogP contribution is 2.07. The maximum atomic E-state index is 11.8. The molecule has 0 saturated carbocycles. The lowest BCUT2D eigenvalue weighted by molar-refractivity contribution is 0.0925. The third kappa shape index (κ3) is 7.72. The molecule has 3 N–H and O–H groups in total. The Balaban J connectivity index is 2.09. The fourth-order valence-electron chi connectivity index (χ4n) is 2.16. The SMILES string of the molecule is CCCCCCNC(=NC)NCCCNC(=O)c1occc1C. The standard InChI is InChI=1S/C17H30N4O2/c1-4-5-6-7-10-20-17(18-3)21-12-8-11-19-16(22)15-14(2)9-13-23-15/h9,13H,4-8,10-12H2,1-3H3,(H,19,22)(H2,18,20,21). The first-order valence-corrected chi connectivity index (χ1v) is 8.45. The molecule has 1 heterocycles. The summed E-state index contributed by atoms with van der Waals surface area (Å²) in [5.74, 6) is 1.04. The molecule has 6 heteroatoms. The normalized spacial score (nSPS) is 11.3. The quantitative estimate of drug-likeness (QED) is 0.351. The maximum Gasteiger partial charge on any atom is 0.287 e. The smallest absolute Gasteiger partial charge is 0.287 e. The number of carbonyl (C=O) groups excluding carboxylic acids is 1. The monoisotopic (exact) mass is 322 g/mol. The number of hydrogen-bond donors (Lipinski definition) is 3. The summed E-state index contributed by atoms with van der Waals surface area (Å²) in [5, 5.41) is 9.39. The minimum absolute atomic E-state index is 0.161. The number of amides is 1. The van der Waals surface area contributed by atoms with Crippen molar-refractivity contribution in [3.05, 3.63) is 23.7 Å². The molecule has 1 aromatic rings. The van der Waals surface area contributed by atoms with Gasteiger partial charge >= 0.3 is 0 Å². The van der Waals surface area contributed by atoms with Crippen LogP contribution in [0.25, 0.3) is 0 Å². The zero-order chi connectivity index (χ0) is 16.9. The van der Waals surface area contributed by atoms with Crippen LogP contribution in [0, 0.1) is 6.92 Å². The average molecular weight is 322 g/mol. The Morgan fingerprint density at radius 1 is 1.09 bits per heavy atom. The number of aryl methyl sites for hydroxylation is 1. The third-order valence-electron chi connectivity index (χ3n) is 3.55. The van der Waals surface area contributed by atoms with Gasteiger partial charge in [0, 0.05) is 32.2 Å². The Bertz CT molecular complexity index is 483. The molecule has 0 aliphatic heterocycles. The molecular weight excluding hydrogens is 292 g/mol. The molecule has 1 rings (SSSR count). The minimum atomic E-state index is -0.161. The number of furan rings is 1. The number of unbranched alkanes of at least 4 members (excludes halogenated alkanes) is 3. The molecule has 0 radical (unpaired) electrons. The average Bonchev–Trinajstić information content (AvgIpc) is 2.98. The molecule has 0 aromatic carbocycles. The van der Waals surface area contributed by atoms with Gasteiger partial charge in [0.25, 0.3) is 5.91 Å². The van der Waals surface area contributed by atoms with Crippen molar-refractivity contribution in [2.24, 2.45) is 4.99 Å². The Kier molecular flexibility index (Phi) is 9.59. The topological polar surface area (TPSA) is 78.7 Å². The van der Waals surface area contributed by atoms with Gasteiger partial charge in [-0.2, -0.15) is 0 Å². The van der Waals surface area contributed by atoms with E-state index in [1.54, 1.807) is 13.1 Å². The van der Waals surface area contributed by atoms with E-state index in [0.717, 1.165) is 37.5 Å². The van der Waals surface area contributed by atoms with Crippen molar-refractivity contribution in [1.82, 2.24) is 16.0 Å². The molecule has 1 aromatic heterocycles. The van der Waals surface area contributed by atoms with Crippen LogP contribution in [0.2, 0.25) is 0 Å². The summed E-state index contributed by atoms with van der Waals surface area (Å²) in [6.45, 7) is 6.36. The van der Waals surface area contributed by atoms with Gasteiger partial charge in [-0.1, -0.05) is 26.2 Å². The first-order valence-electron chi connectivity index (χ1n) is 8.45. The number of rotatable bonds is 10. The summed E-state index contributed by atoms with van der Waals surface area (Å²) in [7, 11) is 1.77. The van der Waals surface area contributed by atoms with Gasteiger partial charge in [-0.3, -0.25) is 9.79 Å². The van der Waals surface area contributed by atoms with Crippen LogP contribution in [0.15, 0.2) is 21.7 Å². The lowest BCUT2D eigenvalue weighted by Gasteiger charge is -2.12. The van der Waals surface area contributed by atoms with Crippen molar-refractivity contribution < 1.29 is 9.21 Å². The summed E-state index contributed by atoms with van der Waals surface area (Å²) in [6.07, 6.45) is 7.29. The maximum absolute atomic E-state index is 11.8. The first-order chi connectivity index (χ1) is 11.2. The van der Waals surface area contributed by atoms with Gasteiger partial charge in [0.05, 0.1) is 6.26 Å². The van der Waals surface area contributed by atoms with E-state index >= 15 is 0 Å². The van der Waals surface area contributed by atoms with Crippen LogP contribution >= 0.6 is 0 Å². The summed E-state index contributed by atoms with van der Waals surface area (Å²) < 4.78 is 5.15. The Hall–Kier alpha value is -1.98. The predicted octanol–water partition coefficient (Wildman–Crippen LogP) is 2.45. The molecule has 0 saturated heterocycles. The minimum Gasteiger partial charge on any atom is -0.459 e. The highest BCUT2D eigenvalue weighted by Gasteiger charge is 2.11. The predicted molar refractivity (Wildman–Crippen MR) is 93.9 cm³/mol. The highest BCUT2D eigenvalue weighted by molar-refractivity contribution is 5.92. The van der Waals surface area contributed by atoms with E-state index in [4.69, 9.17) is 4.42 Å². The molecular formula is C17H30N4O2. The molecule has 23 heavy (non-hydrogen) atoms. The van der Waals surface area contributed by atoms with E-state index < -0.39 is 0 Å². The Morgan fingerprint density at radius 3 is 2.39 bits per heavy atom. The molecule has 0 aliphatic rings. The Labute approximate surface area is 139 Å². The van der Waals surface area contributed by atoms with Gasteiger partial charge in [0.2, 0.25) is 0 Å². The summed E-state index contributed by atoms with van der Waals surface area (Å²) in [5.41, 5.74) is 0.855. The zero-order valence-electron chi connectivity index (χ0n) is 14.6. The third-order valence-corrected chi connectivity index (χ3v) is 3.55. The second-order valence-corrected chi connectivity index (χ2v) is 5.53. The number of guanidine groups is 1. The number of nitrogens with one attached hydrogen (secondary N) is 3. The molecule has 0 fully saturated rings. The fourth-order valence-corrected chi connectivity index (χ4v) is 2.16. The van der Waals surface area contributed by atoms with Crippen LogP contribution in [-0.4, -0.2) is 38.5 Å². The number of hydrogen-bond acceptors (Lipinski definition) is 3. The van der Waals surface area contributed by atoms with Crippen molar-refractivity contribution in [1.29, 1.82) is 0 Å². The molecule has 1 amide bonds. The first kappa shape index (κ1) is 19.1. The van der Waals surface area contributed by atoms with Crippen LogP contribution in [0.1, 0.15) is 55.1 Å². The van der Waals surface area contributed by atoms with Crippen LogP contribution < -0.4 is 16.0 Å². The van der Waals surface area contributed by atoms with Gasteiger partial charge in [-0.05, 0) is 25.8 Å². The van der Waals surface area contributed by atoms with Crippen molar-refractivity contribution in [3.63, 3.8) is 0 Å². The van der Waals surface area contributed by atoms with Crippen molar-refractivity contribution >= 4 is 11.9 Å². The van der Waals surface area contributed by atoms with E-state index in [0.29, 0.717) is 12.3 Å². The van der Waals surface area contributed by atoms with Crippen LogP contribution in [0.5, 0.6) is 0 Å². The van der Waals surface area contributed by atoms with E-state index in [2.05, 4.69) is 27.9 Å². The van der Waals surface area contributed by atoms with Gasteiger partial charge in [-0.15, -0.1) is 0 Å². The molecule has 0 unspecified atom stereocenters. The highest BCUT2D eigenvalue weighted by atomic mass is 16.3. The summed E-state index contributed by atoms with van der Waals surface area (Å²) in [6, 6.07) is 1.78. The number of carbonyl (C=O) groups is 1. The van der Waals surface area contributed by atoms with E-state index in [9.17, 15) is 4.79 Å². The molecule has 0 aliphatic carbocycles. The lowest BCUT2D eigenvalue weighted by atomic mass is 10.2. The summed E-state index contributed by atoms with van der Waals surface area (Å²) >= 11 is 0. The van der Waals surface area contributed by atoms with Gasteiger partial charge in [0.1, 0.15) is 0 Å². The van der Waals surface area contributed by atoms with Gasteiger partial charge in [-0.25, -0.2) is 0 Å². The van der Waals surface area contributed by atoms with Crippen molar-refractivity contribution in [2.45, 2.75) is 46.0 Å². The molecule has 130 valence electrons. The van der Waals surface area contributed by atoms with Crippen LogP contribution in [-0.2, 0) is 0 Å². The van der Waals surface area contributed by atoms with E-state index in [1.807, 2.05) is 6.92 Å². The number of nitrogens with zero attached hydrogens (tertiary/aromatic N) is 1. The zero-order valence-corrected chi connectivity index (χ0v) is 14.6. The second-order valence-electron chi connectivity index (χ2n) is 5.53. The second kappa shape index (κ2) is 11.6. The Morgan fingerprint density at radius 2 is 1.78 bits per heavy atom. The molecule has 0 bridgehead atoms. The van der Waals surface area contributed by atoms with E-state index in [-0.39, 0.29) is 5.91 Å². The van der Waals surface area contributed by atoms with Gasteiger partial charge < -0.3 is 20.4 Å². The molecule has 0 atom stereocenters. The molecule has 6 nitrogen and oxygen atoms in total. The lowest BCUT2D eigenvalue weighted by Crippen LogP contribution is -2.39. The van der Waals surface area contributed by atoms with Gasteiger partial charge in [0.15, 0.2) is 11.7 Å². The van der Waals surface area contributed by atoms with Crippen molar-refractivity contribution in [2.75, 3.05) is 26.7 Å². The van der Waals surface area contributed by atoms with E-state index in [1.165, 1.54) is 25.5 Å². The fraction of sp³-hybridized carbons (Fsp3) is 0.647. The largest absolute Gasteiger partial charge is 0.459 e. The van der Waals surface area contributed by atoms with Crippen LogP contribution in [0.4, 0.5) is 0 Å². The number of aliphatic imine (C=N–C) groups is 1.